The molecule has 9 N–H and O–H groups in total. The Balaban J connectivity index is 1.86. The summed E-state index contributed by atoms with van der Waals surface area (Å²) in [6.45, 7) is 2.46. The number of carbonyl (C=O) groups excluding carboxylic acids is 1. The lowest BCUT2D eigenvalue weighted by atomic mass is 9.97. The molecule has 352 valence electrons. The number of hydrogen-bond donors (Lipinski definition) is 9. The van der Waals surface area contributed by atoms with Crippen molar-refractivity contribution in [1.29, 1.82) is 0 Å². The third-order valence-electron chi connectivity index (χ3n) is 11.0. The number of carbonyl (C=O) groups is 1. The number of amides is 1. The van der Waals surface area contributed by atoms with E-state index in [0.717, 1.165) is 57.8 Å². The van der Waals surface area contributed by atoms with Crippen molar-refractivity contribution in [3.63, 3.8) is 0 Å². The van der Waals surface area contributed by atoms with Crippen LogP contribution in [0.5, 0.6) is 0 Å². The van der Waals surface area contributed by atoms with Crippen molar-refractivity contribution in [1.82, 2.24) is 5.32 Å². The molecular formula is C47H81NO13. The molecule has 12 unspecified atom stereocenters. The van der Waals surface area contributed by atoms with Crippen LogP contribution in [0.1, 0.15) is 136 Å². The quantitative estimate of drug-likeness (QED) is 0.0322. The van der Waals surface area contributed by atoms with Gasteiger partial charge in [-0.05, 0) is 71.1 Å². The smallest absolute Gasteiger partial charge is 0.220 e. The summed E-state index contributed by atoms with van der Waals surface area (Å²) >= 11 is 0. The number of hydrogen-bond acceptors (Lipinski definition) is 13. The van der Waals surface area contributed by atoms with Crippen molar-refractivity contribution in [3.05, 3.63) is 60.8 Å². The lowest BCUT2D eigenvalue weighted by molar-refractivity contribution is -0.359. The van der Waals surface area contributed by atoms with E-state index in [0.29, 0.717) is 12.8 Å². The summed E-state index contributed by atoms with van der Waals surface area (Å²) in [5.41, 5.74) is 0. The van der Waals surface area contributed by atoms with E-state index in [1.807, 2.05) is 19.1 Å². The molecule has 2 aliphatic rings. The Kier molecular flexibility index (Phi) is 30.7. The molecule has 0 radical (unpaired) electrons. The second-order valence-electron chi connectivity index (χ2n) is 16.2. The van der Waals surface area contributed by atoms with Crippen LogP contribution in [-0.4, -0.2) is 140 Å². The van der Waals surface area contributed by atoms with E-state index in [2.05, 4.69) is 54.8 Å². The summed E-state index contributed by atoms with van der Waals surface area (Å²) < 4.78 is 22.6. The monoisotopic (exact) mass is 868 g/mol. The molecule has 0 aromatic carbocycles. The number of aliphatic hydroxyl groups excluding tert-OH is 8. The van der Waals surface area contributed by atoms with Crippen molar-refractivity contribution >= 4 is 5.91 Å². The molecule has 2 heterocycles. The van der Waals surface area contributed by atoms with Crippen LogP contribution in [0, 0.1) is 0 Å². The second kappa shape index (κ2) is 34.1. The normalized spacial score (nSPS) is 28.6. The van der Waals surface area contributed by atoms with Gasteiger partial charge in [-0.15, -0.1) is 0 Å². The lowest BCUT2D eigenvalue weighted by Crippen LogP contribution is -2.65. The minimum absolute atomic E-state index is 0.258. The molecule has 0 saturated carbocycles. The third kappa shape index (κ3) is 22.2. The summed E-state index contributed by atoms with van der Waals surface area (Å²) in [5.74, 6) is -0.269. The molecule has 61 heavy (non-hydrogen) atoms. The van der Waals surface area contributed by atoms with E-state index in [4.69, 9.17) is 18.9 Å². The van der Waals surface area contributed by atoms with Crippen LogP contribution in [0.2, 0.25) is 0 Å². The van der Waals surface area contributed by atoms with Crippen LogP contribution in [0.25, 0.3) is 0 Å². The van der Waals surface area contributed by atoms with Crippen LogP contribution in [-0.2, 0) is 23.7 Å². The Hall–Kier alpha value is -2.31. The van der Waals surface area contributed by atoms with E-state index in [1.165, 1.54) is 44.9 Å². The lowest BCUT2D eigenvalue weighted by Gasteiger charge is -2.46. The molecule has 12 atom stereocenters. The molecule has 2 aliphatic heterocycles. The maximum absolute atomic E-state index is 13.1. The third-order valence-corrected chi connectivity index (χ3v) is 11.0. The Morgan fingerprint density at radius 2 is 1.16 bits per heavy atom. The van der Waals surface area contributed by atoms with Gasteiger partial charge in [0.05, 0.1) is 32.0 Å². The first-order valence-corrected chi connectivity index (χ1v) is 23.0. The highest BCUT2D eigenvalue weighted by Gasteiger charge is 2.50. The van der Waals surface area contributed by atoms with Gasteiger partial charge in [0.25, 0.3) is 0 Å². The zero-order valence-corrected chi connectivity index (χ0v) is 36.9. The van der Waals surface area contributed by atoms with E-state index in [9.17, 15) is 45.6 Å². The fraction of sp³-hybridized carbons (Fsp3) is 0.766. The van der Waals surface area contributed by atoms with Gasteiger partial charge < -0.3 is 65.1 Å². The summed E-state index contributed by atoms with van der Waals surface area (Å²) in [5, 5.41) is 86.3. The standard InChI is InChI=1S/C47H81NO13/c1-3-5-7-9-11-13-14-15-16-17-18-19-20-21-23-25-27-29-31-39(52)48-35(36(51)30-28-26-24-22-12-10-8-6-4-2)34-58-46-44(57)42(55)45(38(33-50)60-46)61-47-43(56)41(54)40(53)37(32-49)59-47/h4,6,12-14,16-17,22,28,30,35-38,40-47,49-51,53-57H,3,5,7-11,15,18-21,23-27,29,31-34H2,1-2H3,(H,48,52)/b6-4+,14-13-,17-16-,22-12+,30-28+. The highest BCUT2D eigenvalue weighted by atomic mass is 16.7. The maximum Gasteiger partial charge on any atom is 0.220 e. The van der Waals surface area contributed by atoms with Gasteiger partial charge in [0.1, 0.15) is 48.8 Å². The number of nitrogens with one attached hydrogen (secondary N) is 1. The Labute approximate surface area is 365 Å². The molecule has 0 aromatic rings. The van der Waals surface area contributed by atoms with Crippen LogP contribution >= 0.6 is 0 Å². The Morgan fingerprint density at radius 3 is 1.79 bits per heavy atom. The first-order chi connectivity index (χ1) is 29.6. The van der Waals surface area contributed by atoms with E-state index < -0.39 is 86.8 Å². The summed E-state index contributed by atoms with van der Waals surface area (Å²) in [4.78, 5) is 13.1. The fourth-order valence-electron chi connectivity index (χ4n) is 7.18. The summed E-state index contributed by atoms with van der Waals surface area (Å²) in [6, 6.07) is -0.940. The first-order valence-electron chi connectivity index (χ1n) is 23.0. The topological polar surface area (TPSA) is 228 Å². The second-order valence-corrected chi connectivity index (χ2v) is 16.2. The Bertz CT molecular complexity index is 1260. The summed E-state index contributed by atoms with van der Waals surface area (Å²) in [6.07, 6.45) is 23.0. The van der Waals surface area contributed by atoms with Crippen molar-refractivity contribution in [2.45, 2.75) is 209 Å². The number of allylic oxidation sites excluding steroid dienone is 9. The molecule has 2 fully saturated rings. The zero-order valence-electron chi connectivity index (χ0n) is 36.9. The molecule has 2 rings (SSSR count). The predicted octanol–water partition coefficient (Wildman–Crippen LogP) is 4.71. The molecule has 0 aliphatic carbocycles. The van der Waals surface area contributed by atoms with Gasteiger partial charge in [-0.1, -0.05) is 119 Å². The molecule has 0 spiro atoms. The van der Waals surface area contributed by atoms with Crippen LogP contribution < -0.4 is 5.32 Å². The van der Waals surface area contributed by atoms with Gasteiger partial charge in [0, 0.05) is 6.42 Å². The summed E-state index contributed by atoms with van der Waals surface area (Å²) in [7, 11) is 0. The molecule has 1 amide bonds. The van der Waals surface area contributed by atoms with Crippen molar-refractivity contribution in [2.24, 2.45) is 0 Å². The Morgan fingerprint density at radius 1 is 0.623 bits per heavy atom. The minimum atomic E-state index is -1.79. The average molecular weight is 868 g/mol. The zero-order chi connectivity index (χ0) is 44.7. The number of rotatable bonds is 33. The molecule has 0 bridgehead atoms. The van der Waals surface area contributed by atoms with Gasteiger partial charge in [-0.2, -0.15) is 0 Å². The number of unbranched alkanes of at least 4 members (excludes halogenated alkanes) is 13. The van der Waals surface area contributed by atoms with E-state index >= 15 is 0 Å². The number of ether oxygens (including phenoxy) is 4. The highest BCUT2D eigenvalue weighted by molar-refractivity contribution is 5.76. The van der Waals surface area contributed by atoms with Crippen molar-refractivity contribution in [3.8, 4) is 0 Å². The van der Waals surface area contributed by atoms with Gasteiger partial charge in [-0.3, -0.25) is 4.79 Å². The van der Waals surface area contributed by atoms with Crippen molar-refractivity contribution < 1.29 is 64.6 Å². The predicted molar refractivity (Wildman–Crippen MR) is 235 cm³/mol. The van der Waals surface area contributed by atoms with Gasteiger partial charge in [0.2, 0.25) is 5.91 Å². The highest BCUT2D eigenvalue weighted by Crippen LogP contribution is 2.30. The maximum atomic E-state index is 13.1. The van der Waals surface area contributed by atoms with Gasteiger partial charge >= 0.3 is 0 Å². The SMILES string of the molecule is C/C=C/CC/C=C/CC/C=C/C(O)C(COC1OC(CO)C(OC2OC(CO)C(O)C(O)C2O)C(O)C1O)NC(=O)CCCCCCCCC/C=C\C/C=C\CCCCCC. The van der Waals surface area contributed by atoms with Crippen LogP contribution in [0.15, 0.2) is 60.8 Å². The molecule has 0 aromatic heterocycles. The van der Waals surface area contributed by atoms with Crippen molar-refractivity contribution in [2.75, 3.05) is 19.8 Å². The van der Waals surface area contributed by atoms with Gasteiger partial charge in [-0.25, -0.2) is 0 Å². The largest absolute Gasteiger partial charge is 0.394 e. The average Bonchev–Trinajstić information content (AvgIpc) is 3.26. The first kappa shape index (κ1) is 54.8. The molecule has 2 saturated heterocycles. The van der Waals surface area contributed by atoms with E-state index in [1.54, 1.807) is 6.08 Å². The van der Waals surface area contributed by atoms with E-state index in [-0.39, 0.29) is 18.9 Å². The molecular weight excluding hydrogens is 787 g/mol. The van der Waals surface area contributed by atoms with Crippen LogP contribution in [0.4, 0.5) is 0 Å². The fourth-order valence-corrected chi connectivity index (χ4v) is 7.18. The number of aliphatic hydroxyl groups is 8. The van der Waals surface area contributed by atoms with Gasteiger partial charge in [0.15, 0.2) is 12.6 Å². The minimum Gasteiger partial charge on any atom is -0.394 e. The van der Waals surface area contributed by atoms with Crippen LogP contribution in [0.3, 0.4) is 0 Å². The molecule has 14 heteroatoms. The molecule has 14 nitrogen and oxygen atoms in total.